The van der Waals surface area contributed by atoms with Gasteiger partial charge in [0.2, 0.25) is 11.8 Å². The summed E-state index contributed by atoms with van der Waals surface area (Å²) in [5, 5.41) is 15.0. The molecule has 0 aliphatic rings. The Hall–Kier alpha value is -2.77. The van der Waals surface area contributed by atoms with Crippen molar-refractivity contribution in [1.29, 1.82) is 0 Å². The molecular formula is C23H29N3O3S. The van der Waals surface area contributed by atoms with Crippen molar-refractivity contribution in [2.75, 3.05) is 7.05 Å². The van der Waals surface area contributed by atoms with Crippen LogP contribution in [0.1, 0.15) is 36.8 Å². The number of carbonyl (C=O) groups excluding carboxylic acids is 2. The lowest BCUT2D eigenvalue weighted by Gasteiger charge is -2.28. The fraction of sp³-hybridized carbons (Fsp3) is 0.348. The average Bonchev–Trinajstić information content (AvgIpc) is 2.79. The van der Waals surface area contributed by atoms with Crippen LogP contribution in [-0.2, 0) is 16.0 Å². The van der Waals surface area contributed by atoms with Crippen LogP contribution in [0.25, 0.3) is 0 Å². The summed E-state index contributed by atoms with van der Waals surface area (Å²) in [6.45, 7) is 1.98. The van der Waals surface area contributed by atoms with Crippen molar-refractivity contribution < 1.29 is 14.8 Å². The molecule has 2 aromatic carbocycles. The van der Waals surface area contributed by atoms with Crippen molar-refractivity contribution >= 4 is 29.0 Å². The Morgan fingerprint density at radius 2 is 1.63 bits per heavy atom. The van der Waals surface area contributed by atoms with Crippen LogP contribution < -0.4 is 16.1 Å². The molecule has 0 radical (unpaired) electrons. The third-order valence-corrected chi connectivity index (χ3v) is 5.67. The zero-order valence-corrected chi connectivity index (χ0v) is 18.1. The van der Waals surface area contributed by atoms with Gasteiger partial charge in [-0.05, 0) is 29.9 Å². The Morgan fingerprint density at radius 1 is 1.03 bits per heavy atom. The summed E-state index contributed by atoms with van der Waals surface area (Å²) in [4.78, 5) is 25.8. The SMILES string of the molecule is CCC(c1ccccc1)C(CC(=O)NO)C(=O)NC(Cc1ccccc1)C(=S)NC. The quantitative estimate of drug-likeness (QED) is 0.266. The second kappa shape index (κ2) is 12.0. The van der Waals surface area contributed by atoms with Crippen LogP contribution in [0.2, 0.25) is 0 Å². The highest BCUT2D eigenvalue weighted by Gasteiger charge is 2.32. The van der Waals surface area contributed by atoms with Gasteiger partial charge in [0.1, 0.15) is 0 Å². The molecule has 0 bridgehead atoms. The predicted molar refractivity (Wildman–Crippen MR) is 121 cm³/mol. The van der Waals surface area contributed by atoms with Gasteiger partial charge in [0.25, 0.3) is 0 Å². The number of rotatable bonds is 10. The molecule has 2 rings (SSSR count). The first-order valence-corrected chi connectivity index (χ1v) is 10.4. The van der Waals surface area contributed by atoms with E-state index in [9.17, 15) is 9.59 Å². The molecule has 0 fully saturated rings. The van der Waals surface area contributed by atoms with Crippen molar-refractivity contribution in [3.63, 3.8) is 0 Å². The molecule has 2 aromatic rings. The lowest BCUT2D eigenvalue weighted by atomic mass is 9.81. The molecule has 0 aromatic heterocycles. The van der Waals surface area contributed by atoms with Crippen LogP contribution >= 0.6 is 12.2 Å². The number of likely N-dealkylation sites (N-methyl/N-ethyl adjacent to an activating group) is 1. The van der Waals surface area contributed by atoms with Crippen LogP contribution in [0.3, 0.4) is 0 Å². The van der Waals surface area contributed by atoms with E-state index in [4.69, 9.17) is 17.4 Å². The van der Waals surface area contributed by atoms with Gasteiger partial charge in [-0.15, -0.1) is 0 Å². The Balaban J connectivity index is 2.27. The Bertz CT molecular complexity index is 830. The summed E-state index contributed by atoms with van der Waals surface area (Å²) >= 11 is 5.43. The molecule has 4 N–H and O–H groups in total. The molecule has 3 atom stereocenters. The summed E-state index contributed by atoms with van der Waals surface area (Å²) in [6, 6.07) is 19.0. The molecule has 0 aliphatic carbocycles. The van der Waals surface area contributed by atoms with Gasteiger partial charge in [-0.25, -0.2) is 5.48 Å². The van der Waals surface area contributed by atoms with E-state index in [0.717, 1.165) is 11.1 Å². The van der Waals surface area contributed by atoms with Gasteiger partial charge >= 0.3 is 0 Å². The summed E-state index contributed by atoms with van der Waals surface area (Å²) in [7, 11) is 1.72. The Kier molecular flexibility index (Phi) is 9.44. The van der Waals surface area contributed by atoms with Crippen molar-refractivity contribution in [2.45, 2.75) is 38.1 Å². The molecule has 0 aliphatic heterocycles. The number of hydrogen-bond acceptors (Lipinski definition) is 4. The minimum Gasteiger partial charge on any atom is -0.381 e. The first kappa shape index (κ1) is 23.5. The Morgan fingerprint density at radius 3 is 2.17 bits per heavy atom. The molecule has 0 saturated heterocycles. The monoisotopic (exact) mass is 427 g/mol. The number of amides is 2. The summed E-state index contributed by atoms with van der Waals surface area (Å²) in [5.74, 6) is -1.69. The summed E-state index contributed by atoms with van der Waals surface area (Å²) in [5.41, 5.74) is 3.67. The van der Waals surface area contributed by atoms with Crippen LogP contribution in [-0.4, -0.2) is 35.1 Å². The normalized spacial score (nSPS) is 13.6. The van der Waals surface area contributed by atoms with E-state index in [-0.39, 0.29) is 18.2 Å². The van der Waals surface area contributed by atoms with Gasteiger partial charge < -0.3 is 10.6 Å². The van der Waals surface area contributed by atoms with Gasteiger partial charge in [-0.3, -0.25) is 14.8 Å². The van der Waals surface area contributed by atoms with Crippen LogP contribution in [0.5, 0.6) is 0 Å². The minimum atomic E-state index is -0.650. The number of carbonyl (C=O) groups is 2. The molecule has 160 valence electrons. The Labute approximate surface area is 183 Å². The van der Waals surface area contributed by atoms with E-state index in [2.05, 4.69) is 10.6 Å². The number of benzene rings is 2. The smallest absolute Gasteiger partial charge is 0.244 e. The van der Waals surface area contributed by atoms with Crippen molar-refractivity contribution in [1.82, 2.24) is 16.1 Å². The van der Waals surface area contributed by atoms with Gasteiger partial charge in [-0.2, -0.15) is 0 Å². The molecule has 7 heteroatoms. The maximum Gasteiger partial charge on any atom is 0.244 e. The van der Waals surface area contributed by atoms with Crippen LogP contribution in [0.4, 0.5) is 0 Å². The largest absolute Gasteiger partial charge is 0.381 e. The molecular weight excluding hydrogens is 398 g/mol. The first-order valence-electron chi connectivity index (χ1n) is 10.0. The van der Waals surface area contributed by atoms with Gasteiger partial charge in [0.15, 0.2) is 0 Å². The fourth-order valence-electron chi connectivity index (χ4n) is 3.63. The molecule has 2 amide bonds. The molecule has 0 spiro atoms. The molecule has 3 unspecified atom stereocenters. The summed E-state index contributed by atoms with van der Waals surface area (Å²) in [6.07, 6.45) is 1.08. The van der Waals surface area contributed by atoms with Gasteiger partial charge in [0.05, 0.1) is 16.9 Å². The third-order valence-electron chi connectivity index (χ3n) is 5.18. The topological polar surface area (TPSA) is 90.5 Å². The van der Waals surface area contributed by atoms with Crippen molar-refractivity contribution in [2.24, 2.45) is 5.92 Å². The lowest BCUT2D eigenvalue weighted by molar-refractivity contribution is -0.135. The number of hydrogen-bond donors (Lipinski definition) is 4. The lowest BCUT2D eigenvalue weighted by Crippen LogP contribution is -2.49. The van der Waals surface area contributed by atoms with Crippen LogP contribution in [0, 0.1) is 5.92 Å². The number of hydroxylamine groups is 1. The second-order valence-corrected chi connectivity index (χ2v) is 7.58. The second-order valence-electron chi connectivity index (χ2n) is 7.14. The van der Waals surface area contributed by atoms with E-state index >= 15 is 0 Å². The van der Waals surface area contributed by atoms with Crippen LogP contribution in [0.15, 0.2) is 60.7 Å². The highest BCUT2D eigenvalue weighted by Crippen LogP contribution is 2.31. The maximum absolute atomic E-state index is 13.3. The number of thiocarbonyl (C=S) groups is 1. The minimum absolute atomic E-state index is 0.125. The standard InChI is InChI=1S/C23H29N3O3S/c1-3-18(17-12-8-5-9-13-17)19(15-21(27)26-29)22(28)25-20(23(30)24-2)14-16-10-6-4-7-11-16/h4-13,18-20,29H,3,14-15H2,1-2H3,(H,24,30)(H,25,28)(H,26,27). The average molecular weight is 428 g/mol. The maximum atomic E-state index is 13.3. The highest BCUT2D eigenvalue weighted by atomic mass is 32.1. The molecule has 0 saturated carbocycles. The van der Waals surface area contributed by atoms with E-state index in [1.165, 1.54) is 0 Å². The summed E-state index contributed by atoms with van der Waals surface area (Å²) < 4.78 is 0. The van der Waals surface area contributed by atoms with E-state index in [0.29, 0.717) is 17.8 Å². The van der Waals surface area contributed by atoms with Crippen molar-refractivity contribution in [3.05, 3.63) is 71.8 Å². The molecule has 6 nitrogen and oxygen atoms in total. The molecule has 0 heterocycles. The van der Waals surface area contributed by atoms with Gasteiger partial charge in [-0.1, -0.05) is 79.8 Å². The fourth-order valence-corrected chi connectivity index (χ4v) is 3.77. The van der Waals surface area contributed by atoms with Gasteiger partial charge in [0, 0.05) is 13.5 Å². The zero-order valence-electron chi connectivity index (χ0n) is 17.3. The number of nitrogens with one attached hydrogen (secondary N) is 3. The predicted octanol–water partition coefficient (Wildman–Crippen LogP) is 2.97. The van der Waals surface area contributed by atoms with E-state index in [1.54, 1.807) is 12.5 Å². The van der Waals surface area contributed by atoms with E-state index < -0.39 is 17.9 Å². The molecule has 30 heavy (non-hydrogen) atoms. The highest BCUT2D eigenvalue weighted by molar-refractivity contribution is 7.80. The zero-order chi connectivity index (χ0) is 21.9. The van der Waals surface area contributed by atoms with Crippen molar-refractivity contribution in [3.8, 4) is 0 Å². The van der Waals surface area contributed by atoms with E-state index in [1.807, 2.05) is 67.6 Å². The third kappa shape index (κ3) is 6.64. The first-order chi connectivity index (χ1) is 14.5.